The maximum atomic E-state index is 4.75. The van der Waals surface area contributed by atoms with Gasteiger partial charge in [-0.05, 0) is 51.3 Å². The Labute approximate surface area is 133 Å². The zero-order valence-corrected chi connectivity index (χ0v) is 14.1. The van der Waals surface area contributed by atoms with E-state index < -0.39 is 0 Å². The summed E-state index contributed by atoms with van der Waals surface area (Å²) < 4.78 is 0. The van der Waals surface area contributed by atoms with Gasteiger partial charge < -0.3 is 0 Å². The average Bonchev–Trinajstić information content (AvgIpc) is 2.97. The van der Waals surface area contributed by atoms with Gasteiger partial charge in [0.25, 0.3) is 0 Å². The molecule has 1 saturated carbocycles. The fourth-order valence-corrected chi connectivity index (χ4v) is 5.18. The first-order chi connectivity index (χ1) is 10.4. The van der Waals surface area contributed by atoms with Gasteiger partial charge in [-0.25, -0.2) is 4.98 Å². The molecule has 0 spiro atoms. The third-order valence-corrected chi connectivity index (χ3v) is 6.23. The second kappa shape index (κ2) is 7.64. The van der Waals surface area contributed by atoms with Crippen molar-refractivity contribution in [3.05, 3.63) is 23.9 Å². The van der Waals surface area contributed by atoms with E-state index in [0.717, 1.165) is 5.25 Å². The first-order valence-electron chi connectivity index (χ1n) is 8.74. The molecular weight excluding hydrogens is 276 g/mol. The van der Waals surface area contributed by atoms with Crippen molar-refractivity contribution >= 4 is 11.8 Å². The highest BCUT2D eigenvalue weighted by Gasteiger charge is 2.28. The van der Waals surface area contributed by atoms with Crippen LogP contribution < -0.4 is 0 Å². The molecule has 116 valence electrons. The Morgan fingerprint density at radius 1 is 1.19 bits per heavy atom. The van der Waals surface area contributed by atoms with Crippen LogP contribution in [0.15, 0.2) is 23.4 Å². The topological polar surface area (TPSA) is 16.1 Å². The molecule has 2 heterocycles. The smallest absolute Gasteiger partial charge is 0.101 e. The zero-order chi connectivity index (χ0) is 14.5. The summed E-state index contributed by atoms with van der Waals surface area (Å²) in [5.41, 5.74) is 1.50. The van der Waals surface area contributed by atoms with Crippen molar-refractivity contribution < 1.29 is 0 Å². The van der Waals surface area contributed by atoms with Gasteiger partial charge in [0.05, 0.1) is 0 Å². The summed E-state index contributed by atoms with van der Waals surface area (Å²) in [7, 11) is 0. The van der Waals surface area contributed by atoms with E-state index in [0.29, 0.717) is 6.04 Å². The van der Waals surface area contributed by atoms with Gasteiger partial charge in [0.1, 0.15) is 5.03 Å². The number of pyridine rings is 1. The maximum Gasteiger partial charge on any atom is 0.101 e. The number of nitrogens with zero attached hydrogens (tertiary/aromatic N) is 2. The Bertz CT molecular complexity index is 443. The van der Waals surface area contributed by atoms with E-state index in [1.165, 1.54) is 75.0 Å². The Hall–Kier alpha value is -0.540. The van der Waals surface area contributed by atoms with Gasteiger partial charge in [0.2, 0.25) is 0 Å². The molecule has 1 aromatic heterocycles. The van der Waals surface area contributed by atoms with Crippen molar-refractivity contribution in [1.82, 2.24) is 9.88 Å². The molecule has 0 N–H and O–H groups in total. The first kappa shape index (κ1) is 15.4. The van der Waals surface area contributed by atoms with E-state index in [9.17, 15) is 0 Å². The van der Waals surface area contributed by atoms with Crippen LogP contribution in [0.4, 0.5) is 0 Å². The molecule has 2 nitrogen and oxygen atoms in total. The van der Waals surface area contributed by atoms with Gasteiger partial charge in [0.15, 0.2) is 0 Å². The molecule has 2 aliphatic rings. The van der Waals surface area contributed by atoms with E-state index in [1.54, 1.807) is 0 Å². The minimum absolute atomic E-state index is 0.616. The van der Waals surface area contributed by atoms with Crippen molar-refractivity contribution in [2.24, 2.45) is 0 Å². The molecule has 3 heteroatoms. The van der Waals surface area contributed by atoms with Gasteiger partial charge in [0, 0.05) is 23.1 Å². The largest absolute Gasteiger partial charge is 0.296 e. The normalized spacial score (nSPS) is 24.5. The lowest BCUT2D eigenvalue weighted by molar-refractivity contribution is 0.254. The van der Waals surface area contributed by atoms with Crippen LogP contribution in [-0.2, 0) is 0 Å². The first-order valence-corrected chi connectivity index (χ1v) is 9.62. The highest BCUT2D eigenvalue weighted by Crippen LogP contribution is 2.40. The molecule has 0 bridgehead atoms. The maximum absolute atomic E-state index is 4.75. The summed E-state index contributed by atoms with van der Waals surface area (Å²) in [6.45, 7) is 4.78. The summed E-state index contributed by atoms with van der Waals surface area (Å²) in [5, 5.41) is 2.12. The third-order valence-electron chi connectivity index (χ3n) is 4.86. The molecule has 2 fully saturated rings. The minimum Gasteiger partial charge on any atom is -0.296 e. The highest BCUT2D eigenvalue weighted by molar-refractivity contribution is 7.99. The molecule has 3 rings (SSSR count). The second-order valence-corrected chi connectivity index (χ2v) is 7.76. The molecule has 1 aliphatic heterocycles. The molecule has 21 heavy (non-hydrogen) atoms. The summed E-state index contributed by atoms with van der Waals surface area (Å²) >= 11 is 2.06. The number of hydrogen-bond donors (Lipinski definition) is 0. The lowest BCUT2D eigenvalue weighted by atomic mass is 10.0. The lowest BCUT2D eigenvalue weighted by Gasteiger charge is -2.27. The summed E-state index contributed by atoms with van der Waals surface area (Å²) in [4.78, 5) is 7.42. The van der Waals surface area contributed by atoms with Crippen LogP contribution >= 0.6 is 11.8 Å². The number of hydrogen-bond acceptors (Lipinski definition) is 3. The Balaban J connectivity index is 1.75. The van der Waals surface area contributed by atoms with Crippen LogP contribution in [0.3, 0.4) is 0 Å². The fraction of sp³-hybridized carbons (Fsp3) is 0.722. The summed E-state index contributed by atoms with van der Waals surface area (Å²) in [6.07, 6.45) is 12.9. The summed E-state index contributed by atoms with van der Waals surface area (Å²) in [5.74, 6) is 0. The van der Waals surface area contributed by atoms with Crippen LogP contribution in [0.5, 0.6) is 0 Å². The predicted molar refractivity (Wildman–Crippen MR) is 90.8 cm³/mol. The third kappa shape index (κ3) is 3.81. The molecule has 1 atom stereocenters. The lowest BCUT2D eigenvalue weighted by Crippen LogP contribution is -2.24. The standard InChI is InChI=1S/C18H28N2S/c1-2-13-20-14-7-11-17(20)16-10-6-12-19-18(16)21-15-8-4-3-5-9-15/h6,10,12,15,17H,2-5,7-9,11,13-14H2,1H3. The molecule has 1 unspecified atom stereocenters. The van der Waals surface area contributed by atoms with E-state index in [2.05, 4.69) is 35.7 Å². The van der Waals surface area contributed by atoms with Crippen molar-refractivity contribution in [3.63, 3.8) is 0 Å². The molecule has 0 aromatic carbocycles. The number of aromatic nitrogens is 1. The van der Waals surface area contributed by atoms with Crippen molar-refractivity contribution in [1.29, 1.82) is 0 Å². The van der Waals surface area contributed by atoms with Crippen LogP contribution in [0.1, 0.15) is 69.9 Å². The number of rotatable bonds is 5. The zero-order valence-electron chi connectivity index (χ0n) is 13.3. The molecule has 0 radical (unpaired) electrons. The van der Waals surface area contributed by atoms with Crippen molar-refractivity contribution in [3.8, 4) is 0 Å². The van der Waals surface area contributed by atoms with E-state index >= 15 is 0 Å². The van der Waals surface area contributed by atoms with Gasteiger partial charge >= 0.3 is 0 Å². The highest BCUT2D eigenvalue weighted by atomic mass is 32.2. The Kier molecular flexibility index (Phi) is 5.59. The average molecular weight is 305 g/mol. The number of thioether (sulfide) groups is 1. The van der Waals surface area contributed by atoms with Crippen LogP contribution in [0.2, 0.25) is 0 Å². The van der Waals surface area contributed by atoms with E-state index in [1.807, 2.05) is 6.20 Å². The summed E-state index contributed by atoms with van der Waals surface area (Å²) in [6, 6.07) is 5.07. The Morgan fingerprint density at radius 3 is 2.86 bits per heavy atom. The molecule has 0 amide bonds. The van der Waals surface area contributed by atoms with Gasteiger partial charge in [-0.3, -0.25) is 4.90 Å². The Morgan fingerprint density at radius 2 is 2.05 bits per heavy atom. The SMILES string of the molecule is CCCN1CCCC1c1cccnc1SC1CCCCC1. The van der Waals surface area contributed by atoms with Crippen LogP contribution in [0.25, 0.3) is 0 Å². The van der Waals surface area contributed by atoms with Crippen LogP contribution in [0, 0.1) is 0 Å². The molecule has 1 aliphatic carbocycles. The van der Waals surface area contributed by atoms with Crippen molar-refractivity contribution in [2.75, 3.05) is 13.1 Å². The van der Waals surface area contributed by atoms with E-state index in [-0.39, 0.29) is 0 Å². The fourth-order valence-electron chi connectivity index (χ4n) is 3.83. The van der Waals surface area contributed by atoms with Crippen LogP contribution in [-0.4, -0.2) is 28.2 Å². The number of likely N-dealkylation sites (tertiary alicyclic amines) is 1. The minimum atomic E-state index is 0.616. The van der Waals surface area contributed by atoms with E-state index in [4.69, 9.17) is 4.98 Å². The van der Waals surface area contributed by atoms with Crippen molar-refractivity contribution in [2.45, 2.75) is 74.6 Å². The van der Waals surface area contributed by atoms with Gasteiger partial charge in [-0.1, -0.05) is 32.3 Å². The second-order valence-electron chi connectivity index (χ2n) is 6.47. The molecular formula is C18H28N2S. The van der Waals surface area contributed by atoms with Gasteiger partial charge in [-0.2, -0.15) is 0 Å². The molecule has 1 saturated heterocycles. The quantitative estimate of drug-likeness (QED) is 0.757. The van der Waals surface area contributed by atoms with Gasteiger partial charge in [-0.15, -0.1) is 11.8 Å². The monoisotopic (exact) mass is 304 g/mol. The predicted octanol–water partition coefficient (Wildman–Crippen LogP) is 5.05. The molecule has 1 aromatic rings.